The highest BCUT2D eigenvalue weighted by Crippen LogP contribution is 2.16. The molecule has 1 heterocycles. The summed E-state index contributed by atoms with van der Waals surface area (Å²) in [5.74, 6) is 0. The summed E-state index contributed by atoms with van der Waals surface area (Å²) in [6.07, 6.45) is 2.09. The number of nitrogens with one attached hydrogen (secondary N) is 1. The van der Waals surface area contributed by atoms with Crippen LogP contribution in [0.1, 0.15) is 46.1 Å². The quantitative estimate of drug-likeness (QED) is 0.843. The summed E-state index contributed by atoms with van der Waals surface area (Å²) < 4.78 is 1.27. The van der Waals surface area contributed by atoms with Crippen LogP contribution in [0.3, 0.4) is 0 Å². The molecule has 0 saturated heterocycles. The molecule has 0 aliphatic rings. The minimum absolute atomic E-state index is 0.171. The molecule has 0 aliphatic carbocycles. The maximum atomic E-state index is 12.3. The molecule has 1 rings (SSSR count). The Morgan fingerprint density at radius 3 is 2.35 bits per heavy atom. The molecule has 1 aromatic rings. The van der Waals surface area contributed by atoms with Gasteiger partial charge in [-0.25, -0.2) is 4.79 Å². The molecule has 0 radical (unpaired) electrons. The van der Waals surface area contributed by atoms with E-state index in [1.54, 1.807) is 0 Å². The van der Waals surface area contributed by atoms with Crippen LogP contribution in [-0.4, -0.2) is 9.55 Å². The van der Waals surface area contributed by atoms with Crippen LogP contribution in [0.2, 0.25) is 5.15 Å². The Labute approximate surface area is 106 Å². The first kappa shape index (κ1) is 14.0. The Bertz CT molecular complexity index is 514. The zero-order chi connectivity index (χ0) is 13.2. The van der Waals surface area contributed by atoms with Gasteiger partial charge >= 0.3 is 5.69 Å². The monoisotopic (exact) mass is 258 g/mol. The van der Waals surface area contributed by atoms with Crippen molar-refractivity contribution in [3.8, 4) is 0 Å². The molecule has 0 unspecified atom stereocenters. The minimum atomic E-state index is -0.502. The fourth-order valence-electron chi connectivity index (χ4n) is 1.72. The van der Waals surface area contributed by atoms with E-state index in [1.165, 1.54) is 4.57 Å². The standard InChI is InChI=1S/C12H19ClN2O2/c1-5-7-8-9(13)14-11(17)15(10(8)16)12(3,4)6-2/h5-7H2,1-4H3,(H,14,17). The van der Waals surface area contributed by atoms with Crippen LogP contribution in [0.4, 0.5) is 0 Å². The van der Waals surface area contributed by atoms with E-state index in [1.807, 2.05) is 27.7 Å². The minimum Gasteiger partial charge on any atom is -0.297 e. The van der Waals surface area contributed by atoms with Crippen LogP contribution in [0.25, 0.3) is 0 Å². The van der Waals surface area contributed by atoms with Crippen molar-refractivity contribution in [2.24, 2.45) is 0 Å². The van der Waals surface area contributed by atoms with Gasteiger partial charge in [-0.1, -0.05) is 31.9 Å². The van der Waals surface area contributed by atoms with Crippen LogP contribution >= 0.6 is 11.6 Å². The van der Waals surface area contributed by atoms with Gasteiger partial charge in [-0.2, -0.15) is 0 Å². The third-order valence-corrected chi connectivity index (χ3v) is 3.44. The van der Waals surface area contributed by atoms with Crippen LogP contribution in [0.15, 0.2) is 9.59 Å². The Hall–Kier alpha value is -1.03. The van der Waals surface area contributed by atoms with E-state index in [0.29, 0.717) is 18.4 Å². The summed E-state index contributed by atoms with van der Waals surface area (Å²) in [6.45, 7) is 7.65. The molecule has 0 spiro atoms. The predicted molar refractivity (Wildman–Crippen MR) is 69.9 cm³/mol. The number of aromatic amines is 1. The number of hydrogen-bond donors (Lipinski definition) is 1. The summed E-state index contributed by atoms with van der Waals surface area (Å²) >= 11 is 5.91. The number of nitrogens with zero attached hydrogens (tertiary/aromatic N) is 1. The van der Waals surface area contributed by atoms with Gasteiger partial charge in [0.15, 0.2) is 0 Å². The molecule has 5 heteroatoms. The topological polar surface area (TPSA) is 54.9 Å². The Morgan fingerprint density at radius 2 is 1.88 bits per heavy atom. The number of hydrogen-bond acceptors (Lipinski definition) is 2. The van der Waals surface area contributed by atoms with Crippen molar-refractivity contribution >= 4 is 11.6 Å². The van der Waals surface area contributed by atoms with Crippen molar-refractivity contribution in [2.45, 2.75) is 52.5 Å². The van der Waals surface area contributed by atoms with Crippen molar-refractivity contribution in [2.75, 3.05) is 0 Å². The average molecular weight is 259 g/mol. The Kier molecular flexibility index (Phi) is 4.20. The molecule has 0 aromatic carbocycles. The van der Waals surface area contributed by atoms with Crippen molar-refractivity contribution in [3.05, 3.63) is 31.6 Å². The van der Waals surface area contributed by atoms with Gasteiger partial charge in [0, 0.05) is 5.54 Å². The summed E-state index contributed by atoms with van der Waals surface area (Å²) in [5, 5.41) is 0.171. The lowest BCUT2D eigenvalue weighted by Gasteiger charge is -2.25. The Morgan fingerprint density at radius 1 is 1.29 bits per heavy atom. The van der Waals surface area contributed by atoms with E-state index < -0.39 is 11.2 Å². The van der Waals surface area contributed by atoms with Crippen molar-refractivity contribution < 1.29 is 0 Å². The molecule has 0 aliphatic heterocycles. The van der Waals surface area contributed by atoms with Crippen LogP contribution in [-0.2, 0) is 12.0 Å². The molecule has 0 saturated carbocycles. The molecular formula is C12H19ClN2O2. The number of halogens is 1. The summed E-state index contributed by atoms with van der Waals surface area (Å²) in [6, 6.07) is 0. The smallest absolute Gasteiger partial charge is 0.297 e. The maximum Gasteiger partial charge on any atom is 0.329 e. The third-order valence-electron chi connectivity index (χ3n) is 3.12. The molecule has 0 fully saturated rings. The van der Waals surface area contributed by atoms with Crippen molar-refractivity contribution in [3.63, 3.8) is 0 Å². The van der Waals surface area contributed by atoms with E-state index in [2.05, 4.69) is 4.98 Å². The van der Waals surface area contributed by atoms with Gasteiger partial charge in [0.2, 0.25) is 0 Å². The number of H-pyrrole nitrogens is 1. The maximum absolute atomic E-state index is 12.3. The lowest BCUT2D eigenvalue weighted by molar-refractivity contribution is 0.316. The molecule has 0 atom stereocenters. The van der Waals surface area contributed by atoms with Gasteiger partial charge in [0.1, 0.15) is 5.15 Å². The van der Waals surface area contributed by atoms with E-state index in [0.717, 1.165) is 6.42 Å². The largest absolute Gasteiger partial charge is 0.329 e. The SMILES string of the molecule is CCCc1c(Cl)[nH]c(=O)n(C(C)(C)CC)c1=O. The van der Waals surface area contributed by atoms with Crippen LogP contribution in [0, 0.1) is 0 Å². The second-order valence-electron chi connectivity index (χ2n) is 4.78. The van der Waals surface area contributed by atoms with Crippen LogP contribution < -0.4 is 11.2 Å². The first-order valence-corrected chi connectivity index (χ1v) is 6.27. The van der Waals surface area contributed by atoms with Gasteiger partial charge in [0.25, 0.3) is 5.56 Å². The molecule has 17 heavy (non-hydrogen) atoms. The summed E-state index contributed by atoms with van der Waals surface area (Å²) in [5.41, 5.74) is -0.716. The molecule has 4 nitrogen and oxygen atoms in total. The van der Waals surface area contributed by atoms with Crippen molar-refractivity contribution in [1.29, 1.82) is 0 Å². The fourth-order valence-corrected chi connectivity index (χ4v) is 1.98. The van der Waals surface area contributed by atoms with E-state index in [-0.39, 0.29) is 10.7 Å². The van der Waals surface area contributed by atoms with Gasteiger partial charge in [-0.15, -0.1) is 0 Å². The molecular weight excluding hydrogens is 240 g/mol. The molecule has 1 N–H and O–H groups in total. The Balaban J connectivity index is 3.58. The van der Waals surface area contributed by atoms with E-state index in [4.69, 9.17) is 11.6 Å². The van der Waals surface area contributed by atoms with Crippen LogP contribution in [0.5, 0.6) is 0 Å². The molecule has 0 bridgehead atoms. The van der Waals surface area contributed by atoms with Gasteiger partial charge in [-0.3, -0.25) is 14.3 Å². The lowest BCUT2D eigenvalue weighted by atomic mass is 10.0. The van der Waals surface area contributed by atoms with Gasteiger partial charge < -0.3 is 0 Å². The number of aromatic nitrogens is 2. The molecule has 96 valence electrons. The normalized spacial score (nSPS) is 11.8. The predicted octanol–water partition coefficient (Wildman–Crippen LogP) is 2.29. The van der Waals surface area contributed by atoms with E-state index >= 15 is 0 Å². The summed E-state index contributed by atoms with van der Waals surface area (Å²) in [7, 11) is 0. The lowest BCUT2D eigenvalue weighted by Crippen LogP contribution is -2.47. The highest BCUT2D eigenvalue weighted by Gasteiger charge is 2.24. The van der Waals surface area contributed by atoms with E-state index in [9.17, 15) is 9.59 Å². The zero-order valence-corrected chi connectivity index (χ0v) is 11.5. The molecule has 0 amide bonds. The second-order valence-corrected chi connectivity index (χ2v) is 5.16. The number of rotatable bonds is 4. The molecule has 1 aromatic heterocycles. The fraction of sp³-hybridized carbons (Fsp3) is 0.667. The van der Waals surface area contributed by atoms with Gasteiger partial charge in [-0.05, 0) is 26.7 Å². The first-order valence-electron chi connectivity index (χ1n) is 5.89. The summed E-state index contributed by atoms with van der Waals surface area (Å²) in [4.78, 5) is 26.7. The highest BCUT2D eigenvalue weighted by atomic mass is 35.5. The first-order chi connectivity index (χ1) is 7.85. The third kappa shape index (κ3) is 2.63. The second kappa shape index (κ2) is 5.08. The highest BCUT2D eigenvalue weighted by molar-refractivity contribution is 6.30. The van der Waals surface area contributed by atoms with Crippen molar-refractivity contribution in [1.82, 2.24) is 9.55 Å². The average Bonchev–Trinajstić information content (AvgIpc) is 2.23. The zero-order valence-electron chi connectivity index (χ0n) is 10.8. The van der Waals surface area contributed by atoms with Gasteiger partial charge in [0.05, 0.1) is 5.56 Å².